The summed E-state index contributed by atoms with van der Waals surface area (Å²) in [6, 6.07) is 0. The van der Waals surface area contributed by atoms with E-state index in [1.165, 1.54) is 128 Å². The van der Waals surface area contributed by atoms with Gasteiger partial charge in [-0.2, -0.15) is 0 Å². The third kappa shape index (κ3) is 49.7. The fourth-order valence-electron chi connectivity index (χ4n) is 7.29. The molecule has 63 heavy (non-hydrogen) atoms. The summed E-state index contributed by atoms with van der Waals surface area (Å²) in [5.41, 5.74) is 0. The van der Waals surface area contributed by atoms with E-state index in [1.54, 1.807) is 0 Å². The lowest BCUT2D eigenvalue weighted by molar-refractivity contribution is -0.166. The van der Waals surface area contributed by atoms with Gasteiger partial charge in [0.25, 0.3) is 0 Å². The molecule has 0 spiro atoms. The van der Waals surface area contributed by atoms with E-state index in [2.05, 4.69) is 87.6 Å². The van der Waals surface area contributed by atoms with Crippen molar-refractivity contribution in [3.63, 3.8) is 0 Å². The molecule has 0 aromatic rings. The monoisotopic (exact) mass is 879 g/mol. The second kappa shape index (κ2) is 51.5. The Hall–Kier alpha value is -3.15. The van der Waals surface area contributed by atoms with Gasteiger partial charge in [-0.05, 0) is 57.8 Å². The number of ether oxygens (including phenoxy) is 3. The van der Waals surface area contributed by atoms with Crippen LogP contribution in [0.2, 0.25) is 0 Å². The van der Waals surface area contributed by atoms with E-state index in [0.29, 0.717) is 19.3 Å². The average Bonchev–Trinajstić information content (AvgIpc) is 3.28. The first-order valence-electron chi connectivity index (χ1n) is 26.4. The van der Waals surface area contributed by atoms with Gasteiger partial charge in [0.2, 0.25) is 0 Å². The third-order valence-corrected chi connectivity index (χ3v) is 11.2. The topological polar surface area (TPSA) is 78.9 Å². The number of unbranched alkanes of at least 4 members (excludes halogenated alkanes) is 24. The predicted octanol–water partition coefficient (Wildman–Crippen LogP) is 17.4. The highest BCUT2D eigenvalue weighted by molar-refractivity contribution is 5.71. The van der Waals surface area contributed by atoms with Gasteiger partial charge in [-0.3, -0.25) is 14.4 Å². The molecule has 0 radical (unpaired) electrons. The molecule has 0 N–H and O–H groups in total. The lowest BCUT2D eigenvalue weighted by Gasteiger charge is -2.18. The maximum atomic E-state index is 12.8. The molecule has 0 fully saturated rings. The Morgan fingerprint density at radius 2 is 0.619 bits per heavy atom. The van der Waals surface area contributed by atoms with Crippen molar-refractivity contribution in [3.05, 3.63) is 72.9 Å². The van der Waals surface area contributed by atoms with Crippen LogP contribution in [-0.4, -0.2) is 37.2 Å². The fraction of sp³-hybridized carbons (Fsp3) is 0.737. The summed E-state index contributed by atoms with van der Waals surface area (Å²) < 4.78 is 16.7. The minimum Gasteiger partial charge on any atom is -0.462 e. The third-order valence-electron chi connectivity index (χ3n) is 11.2. The molecule has 0 aliphatic rings. The van der Waals surface area contributed by atoms with E-state index in [-0.39, 0.29) is 37.5 Å². The molecule has 0 unspecified atom stereocenters. The summed E-state index contributed by atoms with van der Waals surface area (Å²) in [5, 5.41) is 0. The minimum absolute atomic E-state index is 0.0955. The first kappa shape index (κ1) is 59.9. The number of carbonyl (C=O) groups excluding carboxylic acids is 3. The summed E-state index contributed by atoms with van der Waals surface area (Å²) in [6.45, 7) is 6.46. The van der Waals surface area contributed by atoms with Crippen LogP contribution in [-0.2, 0) is 28.6 Å². The number of hydrogen-bond donors (Lipinski definition) is 0. The van der Waals surface area contributed by atoms with Crippen molar-refractivity contribution < 1.29 is 28.6 Å². The highest BCUT2D eigenvalue weighted by atomic mass is 16.6. The maximum absolute atomic E-state index is 12.8. The van der Waals surface area contributed by atoms with Crippen molar-refractivity contribution in [1.29, 1.82) is 0 Å². The Morgan fingerprint density at radius 1 is 0.333 bits per heavy atom. The molecule has 0 bridgehead atoms. The largest absolute Gasteiger partial charge is 0.462 e. The van der Waals surface area contributed by atoms with E-state index in [9.17, 15) is 14.4 Å². The molecule has 0 saturated heterocycles. The number of hydrogen-bond acceptors (Lipinski definition) is 6. The molecule has 0 aliphatic heterocycles. The van der Waals surface area contributed by atoms with Crippen molar-refractivity contribution >= 4 is 17.9 Å². The molecule has 0 aliphatic carbocycles. The standard InChI is InChI=1S/C57H98O6/c1-4-7-10-13-16-19-22-24-26-28-29-30-32-33-35-38-41-44-47-50-56(59)62-53-54(52-61-55(58)49-46-43-40-37-21-18-15-12-9-6-3)63-57(60)51-48-45-42-39-36-34-31-27-25-23-20-17-14-11-8-5-2/h7,10,16,19,24,26,29-30,33,35,41,44,54H,4-6,8-9,11-15,17-18,20-23,25,27-28,31-32,34,36-40,42-43,45-53H2,1-3H3/b10-7-,19-16-,26-24-,30-29-,35-33-,44-41-/t54-/m0/s1. The number of allylic oxidation sites excluding steroid dienone is 12. The molecule has 0 amide bonds. The van der Waals surface area contributed by atoms with Gasteiger partial charge in [-0.15, -0.1) is 0 Å². The lowest BCUT2D eigenvalue weighted by Crippen LogP contribution is -2.30. The van der Waals surface area contributed by atoms with Crippen molar-refractivity contribution in [2.75, 3.05) is 13.2 Å². The van der Waals surface area contributed by atoms with Crippen molar-refractivity contribution in [2.24, 2.45) is 0 Å². The highest BCUT2D eigenvalue weighted by Crippen LogP contribution is 2.15. The minimum atomic E-state index is -0.801. The summed E-state index contributed by atoms with van der Waals surface area (Å²) in [6.07, 6.45) is 64.7. The maximum Gasteiger partial charge on any atom is 0.306 e. The Morgan fingerprint density at radius 3 is 0.968 bits per heavy atom. The molecule has 362 valence electrons. The van der Waals surface area contributed by atoms with Crippen LogP contribution < -0.4 is 0 Å². The molecule has 1 atom stereocenters. The van der Waals surface area contributed by atoms with Crippen molar-refractivity contribution in [3.8, 4) is 0 Å². The Bertz CT molecular complexity index is 1190. The summed E-state index contributed by atoms with van der Waals surface area (Å²) >= 11 is 0. The summed E-state index contributed by atoms with van der Waals surface area (Å²) in [7, 11) is 0. The fourth-order valence-corrected chi connectivity index (χ4v) is 7.29. The Kier molecular flexibility index (Phi) is 48.9. The molecule has 0 saturated carbocycles. The summed E-state index contributed by atoms with van der Waals surface area (Å²) in [4.78, 5) is 37.9. The van der Waals surface area contributed by atoms with Crippen molar-refractivity contribution in [1.82, 2.24) is 0 Å². The number of rotatable bonds is 47. The summed E-state index contributed by atoms with van der Waals surface area (Å²) in [5.74, 6) is -0.979. The zero-order valence-corrected chi connectivity index (χ0v) is 41.3. The lowest BCUT2D eigenvalue weighted by atomic mass is 10.0. The van der Waals surface area contributed by atoms with Gasteiger partial charge >= 0.3 is 17.9 Å². The molecule has 0 rings (SSSR count). The molecule has 6 heteroatoms. The van der Waals surface area contributed by atoms with Gasteiger partial charge in [-0.1, -0.05) is 248 Å². The van der Waals surface area contributed by atoms with Gasteiger partial charge in [0.15, 0.2) is 6.10 Å². The van der Waals surface area contributed by atoms with Gasteiger partial charge in [0.05, 0.1) is 0 Å². The second-order valence-corrected chi connectivity index (χ2v) is 17.4. The van der Waals surface area contributed by atoms with E-state index >= 15 is 0 Å². The van der Waals surface area contributed by atoms with Crippen LogP contribution in [0.25, 0.3) is 0 Å². The van der Waals surface area contributed by atoms with Crippen LogP contribution in [0.1, 0.15) is 252 Å². The molecular weight excluding hydrogens is 781 g/mol. The van der Waals surface area contributed by atoms with Crippen LogP contribution in [0.4, 0.5) is 0 Å². The normalized spacial score (nSPS) is 12.6. The van der Waals surface area contributed by atoms with Crippen LogP contribution in [0.15, 0.2) is 72.9 Å². The molecule has 0 aromatic carbocycles. The van der Waals surface area contributed by atoms with Gasteiger partial charge in [0.1, 0.15) is 13.2 Å². The zero-order chi connectivity index (χ0) is 45.8. The van der Waals surface area contributed by atoms with E-state index < -0.39 is 6.10 Å². The molecular formula is C57H98O6. The first-order valence-corrected chi connectivity index (χ1v) is 26.4. The molecule has 0 aromatic heterocycles. The van der Waals surface area contributed by atoms with Crippen LogP contribution in [0.5, 0.6) is 0 Å². The number of carbonyl (C=O) groups is 3. The molecule has 0 heterocycles. The van der Waals surface area contributed by atoms with Crippen molar-refractivity contribution in [2.45, 2.75) is 258 Å². The average molecular weight is 879 g/mol. The predicted molar refractivity (Wildman–Crippen MR) is 270 cm³/mol. The van der Waals surface area contributed by atoms with Gasteiger partial charge in [-0.25, -0.2) is 0 Å². The van der Waals surface area contributed by atoms with Gasteiger partial charge < -0.3 is 14.2 Å². The Labute approximate surface area is 389 Å². The Balaban J connectivity index is 4.44. The number of esters is 3. The smallest absolute Gasteiger partial charge is 0.306 e. The van der Waals surface area contributed by atoms with Crippen LogP contribution >= 0.6 is 0 Å². The van der Waals surface area contributed by atoms with Crippen LogP contribution in [0.3, 0.4) is 0 Å². The molecule has 6 nitrogen and oxygen atoms in total. The van der Waals surface area contributed by atoms with E-state index in [1.807, 2.05) is 6.08 Å². The van der Waals surface area contributed by atoms with E-state index in [0.717, 1.165) is 77.0 Å². The van der Waals surface area contributed by atoms with Crippen LogP contribution in [0, 0.1) is 0 Å². The highest BCUT2D eigenvalue weighted by Gasteiger charge is 2.19. The van der Waals surface area contributed by atoms with Gasteiger partial charge in [0, 0.05) is 19.3 Å². The second-order valence-electron chi connectivity index (χ2n) is 17.4. The zero-order valence-electron chi connectivity index (χ0n) is 41.3. The van der Waals surface area contributed by atoms with E-state index in [4.69, 9.17) is 14.2 Å². The first-order chi connectivity index (χ1) is 31.0. The SMILES string of the molecule is CC/C=C\C/C=C\C/C=C\C/C=C\C/C=C\C/C=C\CCC(=O)OC[C@H](COC(=O)CCCCCCCCCCCC)OC(=O)CCCCCCCCCCCCCCCCCC. The quantitative estimate of drug-likeness (QED) is 0.0262.